The Bertz CT molecular complexity index is 1910. The van der Waals surface area contributed by atoms with E-state index in [9.17, 15) is 9.59 Å². The van der Waals surface area contributed by atoms with E-state index < -0.39 is 11.7 Å². The van der Waals surface area contributed by atoms with Crippen molar-refractivity contribution in [2.45, 2.75) is 26.4 Å². The molecule has 202 valence electrons. The molecule has 3 aromatic carbocycles. The second-order valence-corrected chi connectivity index (χ2v) is 9.92. The molecule has 0 atom stereocenters. The van der Waals surface area contributed by atoms with Crippen LogP contribution in [-0.4, -0.2) is 21.1 Å². The zero-order valence-electron chi connectivity index (χ0n) is 22.7. The molecule has 0 unspecified atom stereocenters. The summed E-state index contributed by atoms with van der Waals surface area (Å²) >= 11 is 0. The van der Waals surface area contributed by atoms with Crippen LogP contribution in [0.15, 0.2) is 109 Å². The molecule has 0 bridgehead atoms. The van der Waals surface area contributed by atoms with Gasteiger partial charge in [-0.05, 0) is 52.9 Å². The molecular weight excluding hydrogens is 510 g/mol. The number of aromatic nitrogens is 2. The zero-order valence-corrected chi connectivity index (χ0v) is 22.7. The van der Waals surface area contributed by atoms with E-state index in [0.717, 1.165) is 44.5 Å². The monoisotopic (exact) mass is 539 g/mol. The molecule has 0 aliphatic heterocycles. The lowest BCUT2D eigenvalue weighted by molar-refractivity contribution is -0.114. The molecule has 0 saturated heterocycles. The van der Waals surface area contributed by atoms with Crippen molar-refractivity contribution in [3.63, 3.8) is 0 Å². The van der Waals surface area contributed by atoms with Gasteiger partial charge in [0.05, 0.1) is 22.3 Å². The number of fused-ring (bicyclic) bond motifs is 2. The molecule has 1 amide bonds. The van der Waals surface area contributed by atoms with Crippen molar-refractivity contribution in [1.29, 1.82) is 0 Å². The van der Waals surface area contributed by atoms with Crippen LogP contribution in [0.3, 0.4) is 0 Å². The number of para-hydroxylation sites is 1. The number of pyridine rings is 2. The lowest BCUT2D eigenvalue weighted by Gasteiger charge is -2.13. The molecule has 6 aromatic rings. The van der Waals surface area contributed by atoms with Gasteiger partial charge in [0, 0.05) is 23.7 Å². The van der Waals surface area contributed by atoms with Crippen LogP contribution in [0.4, 0.5) is 0 Å². The van der Waals surface area contributed by atoms with Gasteiger partial charge in [-0.25, -0.2) is 4.98 Å². The highest BCUT2D eigenvalue weighted by Gasteiger charge is 2.28. The van der Waals surface area contributed by atoms with Gasteiger partial charge in [-0.1, -0.05) is 85.8 Å². The number of nitrogens with two attached hydrogens (primary N) is 1. The van der Waals surface area contributed by atoms with Gasteiger partial charge in [-0.2, -0.15) is 0 Å². The predicted molar refractivity (Wildman–Crippen MR) is 161 cm³/mol. The Morgan fingerprint density at radius 1 is 0.854 bits per heavy atom. The third-order valence-electron chi connectivity index (χ3n) is 7.43. The van der Waals surface area contributed by atoms with Crippen LogP contribution < -0.4 is 10.5 Å². The Kier molecular flexibility index (Phi) is 7.04. The number of nitrogens with zero attached hydrogens (tertiary/aromatic N) is 2. The van der Waals surface area contributed by atoms with Gasteiger partial charge in [0.2, 0.25) is 0 Å². The number of amides is 1. The van der Waals surface area contributed by atoms with Gasteiger partial charge in [-0.15, -0.1) is 0 Å². The van der Waals surface area contributed by atoms with Crippen LogP contribution in [-0.2, 0) is 24.2 Å². The van der Waals surface area contributed by atoms with E-state index in [1.54, 1.807) is 0 Å². The number of Topliss-reactive ketones (excluding diaryl/α,β-unsaturated/α-hetero) is 1. The Labute approximate surface area is 238 Å². The topological polar surface area (TPSA) is 86.7 Å². The predicted octanol–water partition coefficient (Wildman–Crippen LogP) is 6.55. The Balaban J connectivity index is 1.46. The second-order valence-electron chi connectivity index (χ2n) is 9.92. The first-order valence-electron chi connectivity index (χ1n) is 13.6. The third-order valence-corrected chi connectivity index (χ3v) is 7.43. The number of hydrogen-bond donors (Lipinski definition) is 1. The molecule has 2 N–H and O–H groups in total. The van der Waals surface area contributed by atoms with E-state index in [-0.39, 0.29) is 6.61 Å². The summed E-state index contributed by atoms with van der Waals surface area (Å²) in [6.07, 6.45) is 3.01. The van der Waals surface area contributed by atoms with Crippen LogP contribution in [0.2, 0.25) is 0 Å². The van der Waals surface area contributed by atoms with E-state index in [1.807, 2.05) is 96.4 Å². The average molecular weight is 540 g/mol. The fraction of sp³-hybridized carbons (Fsp3) is 0.114. The standard InChI is InChI=1S/C35H29N3O3/c1-2-27-30(21-25-14-6-8-15-28(25)23-11-4-3-5-12-23)38-20-10-17-31(33(38)32(27)34(39)35(36)40)41-22-26-19-18-24-13-7-9-16-29(24)37-26/h3-20H,2,21-22H2,1H3,(H2,36,40). The number of carbonyl (C=O) groups is 2. The van der Waals surface area contributed by atoms with Gasteiger partial charge in [0.15, 0.2) is 0 Å². The van der Waals surface area contributed by atoms with Crippen LogP contribution in [0.5, 0.6) is 5.75 Å². The summed E-state index contributed by atoms with van der Waals surface area (Å²) in [5.74, 6) is -1.22. The first kappa shape index (κ1) is 26.0. The summed E-state index contributed by atoms with van der Waals surface area (Å²) in [6, 6.07) is 34.0. The minimum absolute atomic E-state index is 0.202. The van der Waals surface area contributed by atoms with Gasteiger partial charge < -0.3 is 14.9 Å². The number of carbonyl (C=O) groups excluding carboxylic acids is 2. The fourth-order valence-electron chi connectivity index (χ4n) is 5.54. The largest absolute Gasteiger partial charge is 0.485 e. The maximum Gasteiger partial charge on any atom is 0.289 e. The Hall–Kier alpha value is -5.23. The molecule has 0 fully saturated rings. The minimum Gasteiger partial charge on any atom is -0.485 e. The Morgan fingerprint density at radius 2 is 1.61 bits per heavy atom. The molecule has 6 nitrogen and oxygen atoms in total. The highest BCUT2D eigenvalue weighted by Crippen LogP contribution is 2.35. The van der Waals surface area contributed by atoms with Crippen molar-refractivity contribution in [1.82, 2.24) is 9.38 Å². The van der Waals surface area contributed by atoms with E-state index >= 15 is 0 Å². The first-order chi connectivity index (χ1) is 20.0. The second kappa shape index (κ2) is 11.1. The zero-order chi connectivity index (χ0) is 28.3. The Morgan fingerprint density at radius 3 is 2.41 bits per heavy atom. The summed E-state index contributed by atoms with van der Waals surface area (Å²) in [6.45, 7) is 2.19. The number of ketones is 1. The number of hydrogen-bond acceptors (Lipinski definition) is 4. The number of ether oxygens (including phenoxy) is 1. The molecule has 0 spiro atoms. The molecule has 6 heteroatoms. The molecular formula is C35H29N3O3. The number of primary amides is 1. The normalized spacial score (nSPS) is 11.1. The summed E-state index contributed by atoms with van der Waals surface area (Å²) in [7, 11) is 0. The van der Waals surface area contributed by atoms with Gasteiger partial charge >= 0.3 is 0 Å². The quantitative estimate of drug-likeness (QED) is 0.167. The van der Waals surface area contributed by atoms with Crippen LogP contribution in [0.25, 0.3) is 27.5 Å². The molecule has 41 heavy (non-hydrogen) atoms. The van der Waals surface area contributed by atoms with Crippen LogP contribution in [0, 0.1) is 0 Å². The van der Waals surface area contributed by atoms with Crippen LogP contribution >= 0.6 is 0 Å². The van der Waals surface area contributed by atoms with E-state index in [1.165, 1.54) is 0 Å². The smallest absolute Gasteiger partial charge is 0.289 e. The minimum atomic E-state index is -0.991. The lowest BCUT2D eigenvalue weighted by atomic mass is 9.94. The van der Waals surface area contributed by atoms with Crippen molar-refractivity contribution in [3.8, 4) is 16.9 Å². The highest BCUT2D eigenvalue weighted by atomic mass is 16.5. The molecule has 0 saturated carbocycles. The van der Waals surface area contributed by atoms with Crippen LogP contribution in [0.1, 0.15) is 39.8 Å². The highest BCUT2D eigenvalue weighted by molar-refractivity contribution is 6.44. The molecule has 0 radical (unpaired) electrons. The van der Waals surface area contributed by atoms with E-state index in [0.29, 0.717) is 29.7 Å². The lowest BCUT2D eigenvalue weighted by Crippen LogP contribution is -2.24. The van der Waals surface area contributed by atoms with Gasteiger partial charge in [0.1, 0.15) is 12.4 Å². The SMILES string of the molecule is CCc1c(C(=O)C(N)=O)c2c(OCc3ccc4ccccc4n3)cccn2c1Cc1ccccc1-c1ccccc1. The molecule has 3 aromatic heterocycles. The van der Waals surface area contributed by atoms with Gasteiger partial charge in [-0.3, -0.25) is 9.59 Å². The molecule has 3 heterocycles. The first-order valence-corrected chi connectivity index (χ1v) is 13.6. The van der Waals surface area contributed by atoms with E-state index in [2.05, 4.69) is 24.3 Å². The fourth-order valence-corrected chi connectivity index (χ4v) is 5.54. The van der Waals surface area contributed by atoms with Gasteiger partial charge in [0.25, 0.3) is 11.7 Å². The van der Waals surface area contributed by atoms with Crippen molar-refractivity contribution >= 4 is 28.1 Å². The summed E-state index contributed by atoms with van der Waals surface area (Å²) in [5, 5.41) is 1.05. The average Bonchev–Trinajstić information content (AvgIpc) is 3.33. The maximum absolute atomic E-state index is 13.3. The van der Waals surface area contributed by atoms with Crippen molar-refractivity contribution < 1.29 is 14.3 Å². The summed E-state index contributed by atoms with van der Waals surface area (Å²) in [5.41, 5.74) is 13.1. The van der Waals surface area contributed by atoms with Crippen molar-refractivity contribution in [2.75, 3.05) is 0 Å². The summed E-state index contributed by atoms with van der Waals surface area (Å²) in [4.78, 5) is 30.3. The molecule has 6 rings (SSSR count). The van der Waals surface area contributed by atoms with Crippen molar-refractivity contribution in [3.05, 3.63) is 137 Å². The number of rotatable bonds is 9. The summed E-state index contributed by atoms with van der Waals surface area (Å²) < 4.78 is 8.27. The van der Waals surface area contributed by atoms with Crippen molar-refractivity contribution in [2.24, 2.45) is 5.73 Å². The van der Waals surface area contributed by atoms with E-state index in [4.69, 9.17) is 15.5 Å². The molecule has 0 aliphatic rings. The number of benzene rings is 3. The maximum atomic E-state index is 13.3. The molecule has 0 aliphatic carbocycles. The third kappa shape index (κ3) is 4.96.